The van der Waals surface area contributed by atoms with Gasteiger partial charge in [0.2, 0.25) is 20.0 Å². The molecule has 0 aliphatic carbocycles. The Kier molecular flexibility index (Phi) is 4.58. The van der Waals surface area contributed by atoms with E-state index in [1.807, 2.05) is 0 Å². The van der Waals surface area contributed by atoms with Crippen LogP contribution in [0.5, 0.6) is 0 Å². The van der Waals surface area contributed by atoms with Crippen LogP contribution in [-0.2, 0) is 20.0 Å². The van der Waals surface area contributed by atoms with E-state index < -0.39 is 20.0 Å². The highest BCUT2D eigenvalue weighted by atomic mass is 32.2. The largest absolute Gasteiger partial charge is 0.284 e. The lowest BCUT2D eigenvalue weighted by Gasteiger charge is -2.09. The maximum atomic E-state index is 11.5. The molecule has 1 aromatic carbocycles. The molecule has 0 fully saturated rings. The Bertz CT molecular complexity index is 609. The lowest BCUT2D eigenvalue weighted by atomic mass is 10.3. The van der Waals surface area contributed by atoms with E-state index in [-0.39, 0.29) is 5.75 Å². The van der Waals surface area contributed by atoms with Crippen LogP contribution in [0.25, 0.3) is 0 Å². The molecule has 0 unspecified atom stereocenters. The van der Waals surface area contributed by atoms with Crippen molar-refractivity contribution in [2.24, 2.45) is 0 Å². The van der Waals surface area contributed by atoms with E-state index >= 15 is 0 Å². The van der Waals surface area contributed by atoms with Crippen molar-refractivity contribution in [1.29, 1.82) is 0 Å². The summed E-state index contributed by atoms with van der Waals surface area (Å²) in [5, 5.41) is 0. The van der Waals surface area contributed by atoms with E-state index in [2.05, 4.69) is 9.44 Å². The fourth-order valence-electron chi connectivity index (χ4n) is 1.36. The van der Waals surface area contributed by atoms with Gasteiger partial charge in [0.1, 0.15) is 0 Å². The molecule has 102 valence electrons. The summed E-state index contributed by atoms with van der Waals surface area (Å²) in [6.07, 6.45) is 1.54. The summed E-state index contributed by atoms with van der Waals surface area (Å²) < 4.78 is 49.9. The van der Waals surface area contributed by atoms with Crippen molar-refractivity contribution in [3.63, 3.8) is 0 Å². The van der Waals surface area contributed by atoms with Gasteiger partial charge in [-0.05, 0) is 24.6 Å². The fraction of sp³-hybridized carbons (Fsp3) is 0.400. The molecule has 0 saturated heterocycles. The minimum Gasteiger partial charge on any atom is -0.284 e. The van der Waals surface area contributed by atoms with E-state index in [1.165, 1.54) is 6.07 Å². The average molecular weight is 292 g/mol. The Balaban J connectivity index is 2.90. The minimum absolute atomic E-state index is 0.0245. The van der Waals surface area contributed by atoms with Crippen LogP contribution < -0.4 is 9.44 Å². The van der Waals surface area contributed by atoms with Gasteiger partial charge in [-0.3, -0.25) is 9.44 Å². The maximum Gasteiger partial charge on any atom is 0.232 e. The first-order valence-electron chi connectivity index (χ1n) is 5.30. The predicted molar refractivity (Wildman–Crippen MR) is 72.6 cm³/mol. The van der Waals surface area contributed by atoms with Crippen LogP contribution in [0.2, 0.25) is 0 Å². The average Bonchev–Trinajstić information content (AvgIpc) is 2.13. The third kappa shape index (κ3) is 5.37. The SMILES string of the molecule is CCCS(=O)(=O)Nc1cccc(NS(C)(=O)=O)c1. The van der Waals surface area contributed by atoms with Crippen LogP contribution in [0.15, 0.2) is 24.3 Å². The predicted octanol–water partition coefficient (Wildman–Crippen LogP) is 1.21. The number of rotatable bonds is 6. The van der Waals surface area contributed by atoms with Gasteiger partial charge in [-0.15, -0.1) is 0 Å². The van der Waals surface area contributed by atoms with Gasteiger partial charge >= 0.3 is 0 Å². The van der Waals surface area contributed by atoms with Gasteiger partial charge in [-0.25, -0.2) is 16.8 Å². The number of hydrogen-bond acceptors (Lipinski definition) is 4. The van der Waals surface area contributed by atoms with Crippen molar-refractivity contribution < 1.29 is 16.8 Å². The Morgan fingerprint density at radius 1 is 1.06 bits per heavy atom. The summed E-state index contributed by atoms with van der Waals surface area (Å²) in [5.41, 5.74) is 0.645. The van der Waals surface area contributed by atoms with Crippen molar-refractivity contribution in [3.05, 3.63) is 24.3 Å². The van der Waals surface area contributed by atoms with Crippen molar-refractivity contribution in [2.75, 3.05) is 21.5 Å². The molecule has 1 aromatic rings. The van der Waals surface area contributed by atoms with Crippen LogP contribution in [0.4, 0.5) is 11.4 Å². The summed E-state index contributed by atoms with van der Waals surface area (Å²) in [5.74, 6) is 0.0245. The quantitative estimate of drug-likeness (QED) is 0.824. The molecule has 0 saturated carbocycles. The Morgan fingerprint density at radius 2 is 1.61 bits per heavy atom. The second-order valence-electron chi connectivity index (χ2n) is 3.88. The van der Waals surface area contributed by atoms with Gasteiger partial charge < -0.3 is 0 Å². The molecule has 1 rings (SSSR count). The molecule has 2 N–H and O–H groups in total. The zero-order chi connectivity index (χ0) is 13.8. The van der Waals surface area contributed by atoms with Crippen LogP contribution in [0, 0.1) is 0 Å². The van der Waals surface area contributed by atoms with E-state index in [4.69, 9.17) is 0 Å². The Morgan fingerprint density at radius 3 is 2.11 bits per heavy atom. The van der Waals surface area contributed by atoms with Crippen LogP contribution in [0.1, 0.15) is 13.3 Å². The highest BCUT2D eigenvalue weighted by Gasteiger charge is 2.09. The molecule has 0 amide bonds. The number of hydrogen-bond donors (Lipinski definition) is 2. The minimum atomic E-state index is -3.38. The standard InChI is InChI=1S/C10H16N2O4S2/c1-3-7-18(15,16)12-10-6-4-5-9(8-10)11-17(2,13)14/h4-6,8,11-12H,3,7H2,1-2H3. The number of benzene rings is 1. The number of anilines is 2. The molecule has 6 nitrogen and oxygen atoms in total. The van der Waals surface area contributed by atoms with Crippen LogP contribution in [-0.4, -0.2) is 28.8 Å². The first-order chi connectivity index (χ1) is 8.22. The first kappa shape index (κ1) is 14.8. The summed E-state index contributed by atoms with van der Waals surface area (Å²) in [6.45, 7) is 1.76. The van der Waals surface area contributed by atoms with Crippen LogP contribution >= 0.6 is 0 Å². The third-order valence-corrected chi connectivity index (χ3v) is 4.01. The molecular formula is C10H16N2O4S2. The molecule has 0 heterocycles. The molecule has 0 aliphatic rings. The molecule has 0 atom stereocenters. The monoisotopic (exact) mass is 292 g/mol. The van der Waals surface area contributed by atoms with Gasteiger partial charge in [0.25, 0.3) is 0 Å². The molecular weight excluding hydrogens is 276 g/mol. The summed E-state index contributed by atoms with van der Waals surface area (Å²) >= 11 is 0. The Hall–Kier alpha value is -1.28. The molecule has 0 spiro atoms. The second kappa shape index (κ2) is 5.57. The molecule has 0 radical (unpaired) electrons. The van der Waals surface area contributed by atoms with Gasteiger partial charge in [0.15, 0.2) is 0 Å². The topological polar surface area (TPSA) is 92.3 Å². The van der Waals surface area contributed by atoms with Gasteiger partial charge in [-0.1, -0.05) is 13.0 Å². The van der Waals surface area contributed by atoms with Crippen molar-refractivity contribution in [2.45, 2.75) is 13.3 Å². The second-order valence-corrected chi connectivity index (χ2v) is 7.47. The van der Waals surface area contributed by atoms with Crippen molar-refractivity contribution in [1.82, 2.24) is 0 Å². The normalized spacial score (nSPS) is 12.1. The van der Waals surface area contributed by atoms with E-state index in [0.717, 1.165) is 6.26 Å². The Labute approximate surface area is 108 Å². The summed E-state index contributed by atoms with van der Waals surface area (Å²) in [4.78, 5) is 0. The highest BCUT2D eigenvalue weighted by Crippen LogP contribution is 2.17. The van der Waals surface area contributed by atoms with Gasteiger partial charge in [0.05, 0.1) is 23.4 Å². The molecule has 18 heavy (non-hydrogen) atoms. The summed E-state index contributed by atoms with van der Waals surface area (Å²) in [7, 11) is -6.75. The van der Waals surface area contributed by atoms with Gasteiger partial charge in [0, 0.05) is 0 Å². The fourth-order valence-corrected chi connectivity index (χ4v) is 3.04. The maximum absolute atomic E-state index is 11.5. The zero-order valence-corrected chi connectivity index (χ0v) is 11.8. The lowest BCUT2D eigenvalue weighted by Crippen LogP contribution is -2.16. The highest BCUT2D eigenvalue weighted by molar-refractivity contribution is 7.92. The van der Waals surface area contributed by atoms with E-state index in [9.17, 15) is 16.8 Å². The van der Waals surface area contributed by atoms with Gasteiger partial charge in [-0.2, -0.15) is 0 Å². The lowest BCUT2D eigenvalue weighted by molar-refractivity contribution is 0.599. The smallest absolute Gasteiger partial charge is 0.232 e. The zero-order valence-electron chi connectivity index (χ0n) is 10.2. The molecule has 8 heteroatoms. The first-order valence-corrected chi connectivity index (χ1v) is 8.84. The molecule has 0 bridgehead atoms. The number of sulfonamides is 2. The molecule has 0 aliphatic heterocycles. The van der Waals surface area contributed by atoms with E-state index in [0.29, 0.717) is 17.8 Å². The van der Waals surface area contributed by atoms with Crippen molar-refractivity contribution >= 4 is 31.4 Å². The van der Waals surface area contributed by atoms with Crippen LogP contribution in [0.3, 0.4) is 0 Å². The van der Waals surface area contributed by atoms with Crippen molar-refractivity contribution in [3.8, 4) is 0 Å². The molecule has 0 aromatic heterocycles. The third-order valence-electron chi connectivity index (χ3n) is 1.91. The summed E-state index contributed by atoms with van der Waals surface area (Å²) in [6, 6.07) is 6.09. The number of nitrogens with one attached hydrogen (secondary N) is 2. The van der Waals surface area contributed by atoms with E-state index in [1.54, 1.807) is 25.1 Å².